The van der Waals surface area contributed by atoms with Gasteiger partial charge in [-0.3, -0.25) is 24.1 Å². The Balaban J connectivity index is 1.40. The number of aromatic amines is 1. The number of benzene rings is 1. The predicted molar refractivity (Wildman–Crippen MR) is 150 cm³/mol. The number of hydrogen-bond donors (Lipinski definition) is 5. The molecule has 1 fully saturated rings. The highest BCUT2D eigenvalue weighted by atomic mass is 32.2. The van der Waals surface area contributed by atoms with E-state index in [1.165, 1.54) is 46.9 Å². The van der Waals surface area contributed by atoms with Gasteiger partial charge in [-0.25, -0.2) is 9.48 Å². The van der Waals surface area contributed by atoms with Gasteiger partial charge in [-0.05, 0) is 33.7 Å². The van der Waals surface area contributed by atoms with E-state index in [4.69, 9.17) is 12.2 Å². The van der Waals surface area contributed by atoms with Crippen LogP contribution in [0.15, 0.2) is 58.7 Å². The van der Waals surface area contributed by atoms with E-state index in [0.717, 1.165) is 4.90 Å². The summed E-state index contributed by atoms with van der Waals surface area (Å²) in [5, 5.41) is 34.8. The third-order valence-electron chi connectivity index (χ3n) is 6.66. The number of nitrogens with zero attached hydrogens (tertiary/aromatic N) is 5. The number of carboxylic acid groups (broad SMARTS) is 1. The first-order valence-corrected chi connectivity index (χ1v) is 13.7. The molecule has 216 valence electrons. The maximum atomic E-state index is 13.5. The second-order valence-electron chi connectivity index (χ2n) is 9.20. The predicted octanol–water partition coefficient (Wildman–Crippen LogP) is -0.981. The number of aryl methyl sites for hydroxylation is 1. The number of β-lactam (4-membered cyclic amide) rings is 1. The van der Waals surface area contributed by atoms with Crippen molar-refractivity contribution in [2.45, 2.75) is 24.1 Å². The van der Waals surface area contributed by atoms with E-state index in [9.17, 15) is 34.2 Å². The molecule has 0 bridgehead atoms. The van der Waals surface area contributed by atoms with Gasteiger partial charge in [0.2, 0.25) is 5.91 Å². The summed E-state index contributed by atoms with van der Waals surface area (Å²) >= 11 is 6.64. The minimum Gasteiger partial charge on any atom is -0.477 e. The standard InChI is InChI=1S/C25H22N8O7S2/c1-32-19(29-30-31-32)18(41)14-10-42-24-16(23(38)33(24)17(14)25(39)40)28-22(37)15(12-6-4-11(9-34)5-7-12)27-21(36)13-3-2-8-26-20(13)35/h2-8,15-16,24,34H,9-10H2,1H3,(H,26,35)(H,27,36)(H,28,37)(H,39,40)/t15?,16?,24-/m0/s1. The maximum absolute atomic E-state index is 13.5. The maximum Gasteiger partial charge on any atom is 0.353 e. The quantitative estimate of drug-likeness (QED) is 0.112. The van der Waals surface area contributed by atoms with Gasteiger partial charge < -0.3 is 25.8 Å². The molecule has 2 unspecified atom stereocenters. The molecule has 42 heavy (non-hydrogen) atoms. The van der Waals surface area contributed by atoms with Gasteiger partial charge in [0, 0.05) is 24.6 Å². The number of pyridine rings is 1. The highest BCUT2D eigenvalue weighted by molar-refractivity contribution is 8.00. The summed E-state index contributed by atoms with van der Waals surface area (Å²) in [5.41, 5.74) is -0.139. The van der Waals surface area contributed by atoms with Crippen LogP contribution in [0.25, 0.3) is 0 Å². The Labute approximate surface area is 246 Å². The van der Waals surface area contributed by atoms with E-state index in [-0.39, 0.29) is 39.9 Å². The Bertz CT molecular complexity index is 1700. The van der Waals surface area contributed by atoms with E-state index in [0.29, 0.717) is 11.1 Å². The average Bonchev–Trinajstić information content (AvgIpc) is 3.43. The van der Waals surface area contributed by atoms with Crippen LogP contribution in [0.3, 0.4) is 0 Å². The van der Waals surface area contributed by atoms with Gasteiger partial charge in [-0.2, -0.15) is 0 Å². The SMILES string of the molecule is Cn1nnnc1C(=S)C1=C(C(=O)O)N2C(=O)C(NC(=O)C(NC(=O)c3ccc[nH]c3=O)c3ccc(CO)cc3)[C@@H]2SC1. The number of aromatic nitrogens is 5. The van der Waals surface area contributed by atoms with Crippen molar-refractivity contribution in [1.29, 1.82) is 0 Å². The fraction of sp³-hybridized carbons (Fsp3) is 0.240. The Morgan fingerprint density at radius 2 is 1.95 bits per heavy atom. The average molecular weight is 611 g/mol. The number of aliphatic hydroxyl groups is 1. The summed E-state index contributed by atoms with van der Waals surface area (Å²) in [4.78, 5) is 67.7. The number of nitrogens with one attached hydrogen (secondary N) is 3. The van der Waals surface area contributed by atoms with Crippen LogP contribution in [0.5, 0.6) is 0 Å². The third-order valence-corrected chi connectivity index (χ3v) is 8.37. The molecule has 17 heteroatoms. The monoisotopic (exact) mass is 610 g/mol. The van der Waals surface area contributed by atoms with Gasteiger partial charge in [0.05, 0.1) is 11.5 Å². The zero-order valence-electron chi connectivity index (χ0n) is 21.7. The van der Waals surface area contributed by atoms with Crippen molar-refractivity contribution in [1.82, 2.24) is 40.7 Å². The van der Waals surface area contributed by atoms with Gasteiger partial charge in [0.15, 0.2) is 5.82 Å². The first-order valence-electron chi connectivity index (χ1n) is 12.3. The molecule has 5 N–H and O–H groups in total. The number of H-pyrrole nitrogens is 1. The number of rotatable bonds is 9. The molecule has 0 radical (unpaired) electrons. The van der Waals surface area contributed by atoms with Gasteiger partial charge in [-0.15, -0.1) is 16.9 Å². The molecule has 3 aromatic rings. The molecule has 5 rings (SSSR count). The molecule has 0 aliphatic carbocycles. The second-order valence-corrected chi connectivity index (χ2v) is 10.7. The van der Waals surface area contributed by atoms with Gasteiger partial charge >= 0.3 is 5.97 Å². The number of thioether (sulfide) groups is 1. The third kappa shape index (κ3) is 5.19. The first-order chi connectivity index (χ1) is 20.1. The number of fused-ring (bicyclic) bond motifs is 1. The molecule has 0 spiro atoms. The summed E-state index contributed by atoms with van der Waals surface area (Å²) in [6.07, 6.45) is 1.36. The number of hydrogen-bond acceptors (Lipinski definition) is 11. The first kappa shape index (κ1) is 28.8. The summed E-state index contributed by atoms with van der Waals surface area (Å²) in [7, 11) is 1.54. The molecule has 0 saturated carbocycles. The van der Waals surface area contributed by atoms with Crippen LogP contribution in [0.2, 0.25) is 0 Å². The molecular formula is C25H22N8O7S2. The zero-order valence-corrected chi connectivity index (χ0v) is 23.3. The van der Waals surface area contributed by atoms with Crippen molar-refractivity contribution in [2.75, 3.05) is 5.75 Å². The molecule has 4 heterocycles. The Morgan fingerprint density at radius 3 is 2.57 bits per heavy atom. The molecule has 2 aliphatic heterocycles. The largest absolute Gasteiger partial charge is 0.477 e. The van der Waals surface area contributed by atoms with E-state index >= 15 is 0 Å². The molecule has 15 nitrogen and oxygen atoms in total. The highest BCUT2D eigenvalue weighted by Crippen LogP contribution is 2.41. The van der Waals surface area contributed by atoms with Crippen molar-refractivity contribution in [2.24, 2.45) is 7.05 Å². The van der Waals surface area contributed by atoms with Crippen LogP contribution in [0.4, 0.5) is 0 Å². The normalized spacial score (nSPS) is 18.5. The van der Waals surface area contributed by atoms with Crippen LogP contribution >= 0.6 is 24.0 Å². The number of carboxylic acids is 1. The summed E-state index contributed by atoms with van der Waals surface area (Å²) in [5.74, 6) is -3.39. The van der Waals surface area contributed by atoms with Crippen LogP contribution < -0.4 is 16.2 Å². The fourth-order valence-electron chi connectivity index (χ4n) is 4.51. The van der Waals surface area contributed by atoms with E-state index in [2.05, 4.69) is 31.1 Å². The second kappa shape index (κ2) is 11.6. The van der Waals surface area contributed by atoms with Crippen molar-refractivity contribution in [3.63, 3.8) is 0 Å². The molecule has 1 saturated heterocycles. The van der Waals surface area contributed by atoms with Crippen LogP contribution in [0.1, 0.15) is 33.4 Å². The molecule has 3 atom stereocenters. The minimum atomic E-state index is -1.38. The number of tetrazole rings is 1. The van der Waals surface area contributed by atoms with Crippen molar-refractivity contribution < 1.29 is 29.4 Å². The lowest BCUT2D eigenvalue weighted by Gasteiger charge is -2.49. The number of thiocarbonyl (C=S) groups is 1. The number of carbonyl (C=O) groups is 4. The van der Waals surface area contributed by atoms with E-state index < -0.39 is 46.7 Å². The van der Waals surface area contributed by atoms with E-state index in [1.54, 1.807) is 19.2 Å². The van der Waals surface area contributed by atoms with Gasteiger partial charge in [-0.1, -0.05) is 36.5 Å². The molecular weight excluding hydrogens is 588 g/mol. The lowest BCUT2D eigenvalue weighted by atomic mass is 9.99. The molecule has 3 amide bonds. The number of aliphatic hydroxyl groups excluding tert-OH is 1. The van der Waals surface area contributed by atoms with Crippen LogP contribution in [-0.2, 0) is 28.0 Å². The van der Waals surface area contributed by atoms with Crippen molar-refractivity contribution in [3.05, 3.63) is 86.7 Å². The van der Waals surface area contributed by atoms with E-state index in [1.807, 2.05) is 0 Å². The summed E-state index contributed by atoms with van der Waals surface area (Å²) in [6, 6.07) is 6.48. The lowest BCUT2D eigenvalue weighted by molar-refractivity contribution is -0.150. The Hall–Kier alpha value is -4.74. The summed E-state index contributed by atoms with van der Waals surface area (Å²) in [6.45, 7) is -0.244. The molecule has 1 aromatic carbocycles. The number of amides is 3. The zero-order chi connectivity index (χ0) is 30.1. The molecule has 2 aliphatic rings. The Morgan fingerprint density at radius 1 is 1.21 bits per heavy atom. The smallest absolute Gasteiger partial charge is 0.353 e. The van der Waals surface area contributed by atoms with Crippen LogP contribution in [-0.4, -0.2) is 86.0 Å². The lowest BCUT2D eigenvalue weighted by Crippen LogP contribution is -2.71. The minimum absolute atomic E-state index is 0.0798. The Kier molecular flexibility index (Phi) is 7.97. The van der Waals surface area contributed by atoms with Gasteiger partial charge in [0.1, 0.15) is 28.7 Å². The van der Waals surface area contributed by atoms with Crippen molar-refractivity contribution >= 4 is 52.5 Å². The summed E-state index contributed by atoms with van der Waals surface area (Å²) < 4.78 is 1.29. The number of carbonyl (C=O) groups excluding carboxylic acids is 3. The van der Waals surface area contributed by atoms with Gasteiger partial charge in [0.25, 0.3) is 17.4 Å². The number of aliphatic carboxylic acids is 1. The van der Waals surface area contributed by atoms with Crippen LogP contribution in [0, 0.1) is 0 Å². The topological polar surface area (TPSA) is 212 Å². The highest BCUT2D eigenvalue weighted by Gasteiger charge is 2.55. The van der Waals surface area contributed by atoms with Crippen molar-refractivity contribution in [3.8, 4) is 0 Å². The molecule has 2 aromatic heterocycles. The fourth-order valence-corrected chi connectivity index (χ4v) is 6.30.